The van der Waals surface area contributed by atoms with E-state index in [-0.39, 0.29) is 11.5 Å². The first-order valence-corrected chi connectivity index (χ1v) is 11.4. The van der Waals surface area contributed by atoms with Crippen molar-refractivity contribution in [1.29, 1.82) is 0 Å². The van der Waals surface area contributed by atoms with Crippen molar-refractivity contribution >= 4 is 27.7 Å². The van der Waals surface area contributed by atoms with E-state index in [2.05, 4.69) is 28.9 Å². The zero-order valence-electron chi connectivity index (χ0n) is 17.3. The molecule has 2 heterocycles. The van der Waals surface area contributed by atoms with Crippen molar-refractivity contribution in [2.24, 2.45) is 0 Å². The minimum Gasteiger partial charge on any atom is -0.507 e. The minimum atomic E-state index is -1.96. The molecule has 30 heavy (non-hydrogen) atoms. The Morgan fingerprint density at radius 2 is 1.93 bits per heavy atom. The Morgan fingerprint density at radius 3 is 2.63 bits per heavy atom. The van der Waals surface area contributed by atoms with E-state index >= 15 is 0 Å². The van der Waals surface area contributed by atoms with E-state index in [1.165, 1.54) is 0 Å². The lowest BCUT2D eigenvalue weighted by atomic mass is 9.98. The van der Waals surface area contributed by atoms with Gasteiger partial charge in [-0.25, -0.2) is 4.21 Å². The maximum absolute atomic E-state index is 11.7. The molecular weight excluding hydrogens is 398 g/mol. The molecule has 1 fully saturated rings. The Hall–Kier alpha value is -2.48. The molecular formula is C23H27N3O3S. The fourth-order valence-corrected chi connectivity index (χ4v) is 4.80. The minimum absolute atomic E-state index is 0.0377. The third-order valence-corrected chi connectivity index (χ3v) is 6.56. The smallest absolute Gasteiger partial charge is 0.157 e. The van der Waals surface area contributed by atoms with Gasteiger partial charge in [0.15, 0.2) is 11.1 Å². The number of likely N-dealkylation sites (tertiary alicyclic amines) is 1. The maximum atomic E-state index is 11.7. The van der Waals surface area contributed by atoms with Crippen LogP contribution >= 0.6 is 0 Å². The van der Waals surface area contributed by atoms with Crippen LogP contribution in [0.15, 0.2) is 48.7 Å². The highest BCUT2D eigenvalue weighted by Crippen LogP contribution is 2.37. The Bertz CT molecular complexity index is 1080. The Labute approximate surface area is 179 Å². The summed E-state index contributed by atoms with van der Waals surface area (Å²) < 4.78 is 21.2. The molecule has 4 rings (SSSR count). The van der Waals surface area contributed by atoms with Crippen molar-refractivity contribution < 1.29 is 13.9 Å². The van der Waals surface area contributed by atoms with E-state index in [0.717, 1.165) is 59.2 Å². The lowest BCUT2D eigenvalue weighted by molar-refractivity contribution is 0.253. The van der Waals surface area contributed by atoms with Crippen LogP contribution in [0.4, 0.5) is 5.69 Å². The second-order valence-electron chi connectivity index (χ2n) is 7.99. The van der Waals surface area contributed by atoms with Gasteiger partial charge in [-0.15, -0.1) is 0 Å². The van der Waals surface area contributed by atoms with Crippen molar-refractivity contribution in [3.05, 3.63) is 54.2 Å². The largest absolute Gasteiger partial charge is 0.507 e. The predicted molar refractivity (Wildman–Crippen MR) is 122 cm³/mol. The maximum Gasteiger partial charge on any atom is 0.157 e. The van der Waals surface area contributed by atoms with Gasteiger partial charge >= 0.3 is 0 Å². The van der Waals surface area contributed by atoms with E-state index in [1.807, 2.05) is 30.3 Å². The van der Waals surface area contributed by atoms with Gasteiger partial charge < -0.3 is 19.5 Å². The van der Waals surface area contributed by atoms with Crippen molar-refractivity contribution in [2.75, 3.05) is 32.1 Å². The van der Waals surface area contributed by atoms with Gasteiger partial charge in [-0.2, -0.15) is 0 Å². The second kappa shape index (κ2) is 8.71. The summed E-state index contributed by atoms with van der Waals surface area (Å²) in [5, 5.41) is 11.2. The van der Waals surface area contributed by atoms with Gasteiger partial charge in [0.2, 0.25) is 0 Å². The number of fused-ring (bicyclic) bond motifs is 1. The molecule has 0 bridgehead atoms. The van der Waals surface area contributed by atoms with Gasteiger partial charge in [0.05, 0.1) is 17.0 Å². The zero-order valence-corrected chi connectivity index (χ0v) is 18.1. The van der Waals surface area contributed by atoms with E-state index in [9.17, 15) is 13.9 Å². The summed E-state index contributed by atoms with van der Waals surface area (Å²) in [6.07, 6.45) is 3.80. The first-order chi connectivity index (χ1) is 14.4. The van der Waals surface area contributed by atoms with Crippen LogP contribution in [-0.4, -0.2) is 57.0 Å². The summed E-state index contributed by atoms with van der Waals surface area (Å²) in [6, 6.07) is 13.5. The SMILES string of the molecule is CN1CCC(N(C)c2c(CS(=O)O)cnc3ccc(-c4ccccc4O)cc23)CC1. The molecule has 0 aliphatic carbocycles. The average Bonchev–Trinajstić information content (AvgIpc) is 2.73. The number of benzene rings is 2. The molecule has 0 spiro atoms. The Morgan fingerprint density at radius 1 is 1.20 bits per heavy atom. The van der Waals surface area contributed by atoms with Crippen molar-refractivity contribution in [3.63, 3.8) is 0 Å². The molecule has 2 aromatic carbocycles. The number of rotatable bonds is 5. The molecule has 1 unspecified atom stereocenters. The summed E-state index contributed by atoms with van der Waals surface area (Å²) in [4.78, 5) is 9.13. The molecule has 7 heteroatoms. The first-order valence-electron chi connectivity index (χ1n) is 10.1. The van der Waals surface area contributed by atoms with E-state index in [0.29, 0.717) is 6.04 Å². The number of hydrogen-bond acceptors (Lipinski definition) is 5. The average molecular weight is 426 g/mol. The molecule has 1 saturated heterocycles. The third kappa shape index (κ3) is 4.19. The third-order valence-electron chi connectivity index (χ3n) is 6.00. The molecule has 0 saturated carbocycles. The Kier molecular flexibility index (Phi) is 6.04. The van der Waals surface area contributed by atoms with Crippen molar-refractivity contribution in [1.82, 2.24) is 9.88 Å². The molecule has 1 atom stereocenters. The van der Waals surface area contributed by atoms with Crippen LogP contribution in [0.25, 0.3) is 22.0 Å². The molecule has 1 aromatic heterocycles. The standard InChI is InChI=1S/C23H27N3O3S/c1-25-11-9-18(10-12-25)26(2)23-17(15-30(28)29)14-24-21-8-7-16(13-20(21)23)19-5-3-4-6-22(19)27/h3-8,13-14,18,27H,9-12,15H2,1-2H3,(H,28,29). The van der Waals surface area contributed by atoms with Gasteiger partial charge in [0.1, 0.15) is 5.75 Å². The number of phenols is 1. The van der Waals surface area contributed by atoms with Gasteiger partial charge in [0, 0.05) is 35.8 Å². The van der Waals surface area contributed by atoms with Gasteiger partial charge in [-0.3, -0.25) is 4.98 Å². The highest BCUT2D eigenvalue weighted by atomic mass is 32.2. The lowest BCUT2D eigenvalue weighted by Crippen LogP contribution is -2.42. The molecule has 3 aromatic rings. The highest BCUT2D eigenvalue weighted by Gasteiger charge is 2.25. The van der Waals surface area contributed by atoms with Crippen LogP contribution < -0.4 is 4.90 Å². The van der Waals surface area contributed by atoms with Crippen LogP contribution in [0.1, 0.15) is 18.4 Å². The monoisotopic (exact) mass is 425 g/mol. The summed E-state index contributed by atoms with van der Waals surface area (Å²) in [5.74, 6) is 0.262. The first kappa shape index (κ1) is 20.8. The van der Waals surface area contributed by atoms with Gasteiger partial charge in [-0.1, -0.05) is 24.3 Å². The molecule has 1 aliphatic heterocycles. The van der Waals surface area contributed by atoms with E-state index in [1.54, 1.807) is 18.3 Å². The zero-order chi connectivity index (χ0) is 21.3. The van der Waals surface area contributed by atoms with Crippen molar-refractivity contribution in [3.8, 4) is 16.9 Å². The van der Waals surface area contributed by atoms with Crippen LogP contribution in [0, 0.1) is 0 Å². The molecule has 0 radical (unpaired) electrons. The number of phenolic OH excluding ortho intramolecular Hbond substituents is 1. The summed E-state index contributed by atoms with van der Waals surface area (Å²) in [5.41, 5.74) is 4.19. The number of anilines is 1. The van der Waals surface area contributed by atoms with E-state index in [4.69, 9.17) is 0 Å². The van der Waals surface area contributed by atoms with Crippen LogP contribution in [0.2, 0.25) is 0 Å². The van der Waals surface area contributed by atoms with Crippen LogP contribution in [0.3, 0.4) is 0 Å². The van der Waals surface area contributed by atoms with Gasteiger partial charge in [0.25, 0.3) is 0 Å². The summed E-state index contributed by atoms with van der Waals surface area (Å²) in [7, 11) is 4.21. The quantitative estimate of drug-likeness (QED) is 0.605. The number of pyridine rings is 1. The number of aromatic hydroxyl groups is 1. The highest BCUT2D eigenvalue weighted by molar-refractivity contribution is 7.78. The van der Waals surface area contributed by atoms with E-state index < -0.39 is 11.1 Å². The molecule has 158 valence electrons. The number of nitrogens with zero attached hydrogens (tertiary/aromatic N) is 3. The number of piperidine rings is 1. The molecule has 2 N–H and O–H groups in total. The molecule has 6 nitrogen and oxygen atoms in total. The summed E-state index contributed by atoms with van der Waals surface area (Å²) >= 11 is -1.96. The lowest BCUT2D eigenvalue weighted by Gasteiger charge is -2.37. The van der Waals surface area contributed by atoms with Crippen LogP contribution in [-0.2, 0) is 16.8 Å². The Balaban J connectivity index is 1.86. The number of para-hydroxylation sites is 1. The topological polar surface area (TPSA) is 76.9 Å². The number of hydrogen-bond donors (Lipinski definition) is 2. The fourth-order valence-electron chi connectivity index (χ4n) is 4.33. The second-order valence-corrected chi connectivity index (χ2v) is 8.92. The molecule has 1 aliphatic rings. The number of aromatic nitrogens is 1. The predicted octanol–water partition coefficient (Wildman–Crippen LogP) is 3.86. The normalized spacial score (nSPS) is 16.6. The molecule has 0 amide bonds. The van der Waals surface area contributed by atoms with Crippen molar-refractivity contribution in [2.45, 2.75) is 24.6 Å². The van der Waals surface area contributed by atoms with Gasteiger partial charge in [-0.05, 0) is 56.7 Å². The van der Waals surface area contributed by atoms with Crippen LogP contribution in [0.5, 0.6) is 5.75 Å². The fraction of sp³-hybridized carbons (Fsp3) is 0.348. The summed E-state index contributed by atoms with van der Waals surface area (Å²) in [6.45, 7) is 2.06.